The molecule has 2 atom stereocenters. The molecule has 2 aliphatic heterocycles. The van der Waals surface area contributed by atoms with Gasteiger partial charge in [-0.2, -0.15) is 0 Å². The Morgan fingerprint density at radius 3 is 2.52 bits per heavy atom. The van der Waals surface area contributed by atoms with Crippen LogP contribution in [0.25, 0.3) is 0 Å². The smallest absolute Gasteiger partial charge is 0.333 e. The van der Waals surface area contributed by atoms with Crippen molar-refractivity contribution in [2.24, 2.45) is 11.7 Å². The molecule has 0 bridgehead atoms. The summed E-state index contributed by atoms with van der Waals surface area (Å²) in [6.45, 7) is 1.78. The molecule has 6 heteroatoms. The number of benzene rings is 2. The Morgan fingerprint density at radius 1 is 1.07 bits per heavy atom. The van der Waals surface area contributed by atoms with Crippen molar-refractivity contribution in [3.05, 3.63) is 71.3 Å². The molecule has 1 amide bonds. The SMILES string of the molecule is N[C@H](C(=O)N1Cc2ccccc2[C@H]1C(=O)OCc1ccccc1)C1CCOCC1. The molecular weight excluding hydrogens is 368 g/mol. The van der Waals surface area contributed by atoms with Gasteiger partial charge in [0, 0.05) is 19.8 Å². The van der Waals surface area contributed by atoms with Crippen LogP contribution in [0.1, 0.15) is 35.6 Å². The maximum atomic E-state index is 13.3. The Bertz CT molecular complexity index is 864. The first-order valence-corrected chi connectivity index (χ1v) is 10.1. The van der Waals surface area contributed by atoms with E-state index in [1.807, 2.05) is 54.6 Å². The molecule has 2 aromatic rings. The van der Waals surface area contributed by atoms with Gasteiger partial charge in [-0.25, -0.2) is 4.79 Å². The lowest BCUT2D eigenvalue weighted by Crippen LogP contribution is -2.49. The number of nitrogens with zero attached hydrogens (tertiary/aromatic N) is 1. The van der Waals surface area contributed by atoms with Gasteiger partial charge in [-0.05, 0) is 35.4 Å². The minimum absolute atomic E-state index is 0.0703. The number of ether oxygens (including phenoxy) is 2. The second-order valence-electron chi connectivity index (χ2n) is 7.64. The fourth-order valence-electron chi connectivity index (χ4n) is 4.12. The highest BCUT2D eigenvalue weighted by atomic mass is 16.5. The minimum Gasteiger partial charge on any atom is -0.459 e. The van der Waals surface area contributed by atoms with Crippen molar-refractivity contribution in [3.8, 4) is 0 Å². The number of hydrogen-bond donors (Lipinski definition) is 1. The van der Waals surface area contributed by atoms with Crippen molar-refractivity contribution >= 4 is 11.9 Å². The van der Waals surface area contributed by atoms with E-state index in [4.69, 9.17) is 15.2 Å². The molecule has 2 heterocycles. The van der Waals surface area contributed by atoms with E-state index in [1.54, 1.807) is 4.90 Å². The molecule has 0 spiro atoms. The molecule has 152 valence electrons. The van der Waals surface area contributed by atoms with Gasteiger partial charge in [0.05, 0.1) is 6.04 Å². The summed E-state index contributed by atoms with van der Waals surface area (Å²) in [6, 6.07) is 15.7. The van der Waals surface area contributed by atoms with E-state index < -0.39 is 18.1 Å². The van der Waals surface area contributed by atoms with Crippen molar-refractivity contribution in [3.63, 3.8) is 0 Å². The Balaban J connectivity index is 1.52. The minimum atomic E-state index is -0.756. The maximum Gasteiger partial charge on any atom is 0.333 e. The maximum absolute atomic E-state index is 13.3. The zero-order chi connectivity index (χ0) is 20.2. The van der Waals surface area contributed by atoms with E-state index in [0.717, 1.165) is 29.5 Å². The van der Waals surface area contributed by atoms with Crippen molar-refractivity contribution < 1.29 is 19.1 Å². The van der Waals surface area contributed by atoms with Gasteiger partial charge in [0.25, 0.3) is 0 Å². The van der Waals surface area contributed by atoms with Gasteiger partial charge in [0.1, 0.15) is 6.61 Å². The van der Waals surface area contributed by atoms with Gasteiger partial charge in [0.2, 0.25) is 5.91 Å². The molecule has 0 unspecified atom stereocenters. The molecular formula is C23H26N2O4. The lowest BCUT2D eigenvalue weighted by atomic mass is 9.91. The summed E-state index contributed by atoms with van der Waals surface area (Å²) in [4.78, 5) is 27.9. The van der Waals surface area contributed by atoms with E-state index >= 15 is 0 Å². The summed E-state index contributed by atoms with van der Waals surface area (Å²) in [5, 5.41) is 0. The van der Waals surface area contributed by atoms with Crippen LogP contribution in [-0.2, 0) is 32.2 Å². The molecule has 4 rings (SSSR count). The molecule has 2 aromatic carbocycles. The zero-order valence-corrected chi connectivity index (χ0v) is 16.3. The number of fused-ring (bicyclic) bond motifs is 1. The molecule has 1 saturated heterocycles. The first-order chi connectivity index (χ1) is 14.1. The van der Waals surface area contributed by atoms with Gasteiger partial charge >= 0.3 is 5.97 Å². The standard InChI is InChI=1S/C23H26N2O4/c24-20(17-10-12-28-13-11-17)22(26)25-14-18-8-4-5-9-19(18)21(25)23(27)29-15-16-6-2-1-3-7-16/h1-9,17,20-21H,10-15,24H2/t20-,21-/m0/s1. The van der Waals surface area contributed by atoms with Crippen molar-refractivity contribution in [2.45, 2.75) is 38.1 Å². The normalized spacial score (nSPS) is 20.2. The highest BCUT2D eigenvalue weighted by Gasteiger charge is 2.42. The van der Waals surface area contributed by atoms with Crippen molar-refractivity contribution in [2.75, 3.05) is 13.2 Å². The van der Waals surface area contributed by atoms with Crippen molar-refractivity contribution in [1.82, 2.24) is 4.90 Å². The number of carbonyl (C=O) groups excluding carboxylic acids is 2. The fraction of sp³-hybridized carbons (Fsp3) is 0.391. The number of carbonyl (C=O) groups is 2. The number of nitrogens with two attached hydrogens (primary N) is 1. The summed E-state index contributed by atoms with van der Waals surface area (Å²) in [6.07, 6.45) is 1.52. The summed E-state index contributed by atoms with van der Waals surface area (Å²) in [5.41, 5.74) is 9.02. The third kappa shape index (κ3) is 4.18. The largest absolute Gasteiger partial charge is 0.459 e. The second-order valence-corrected chi connectivity index (χ2v) is 7.64. The Morgan fingerprint density at radius 2 is 1.76 bits per heavy atom. The van der Waals surface area contributed by atoms with Crippen LogP contribution >= 0.6 is 0 Å². The Hall–Kier alpha value is -2.70. The van der Waals surface area contributed by atoms with E-state index in [2.05, 4.69) is 0 Å². The molecule has 0 saturated carbocycles. The molecule has 0 aromatic heterocycles. The monoisotopic (exact) mass is 394 g/mol. The molecule has 2 N–H and O–H groups in total. The van der Waals surface area contributed by atoms with E-state index in [-0.39, 0.29) is 18.4 Å². The van der Waals surface area contributed by atoms with Gasteiger partial charge < -0.3 is 20.1 Å². The second kappa shape index (κ2) is 8.76. The predicted octanol–water partition coefficient (Wildman–Crippen LogP) is 2.57. The lowest BCUT2D eigenvalue weighted by molar-refractivity contribution is -0.157. The van der Waals surface area contributed by atoms with Crippen LogP contribution in [0.2, 0.25) is 0 Å². The molecule has 1 fully saturated rings. The fourth-order valence-corrected chi connectivity index (χ4v) is 4.12. The number of rotatable bonds is 5. The first kappa shape index (κ1) is 19.6. The summed E-state index contributed by atoms with van der Waals surface area (Å²) in [7, 11) is 0. The van der Waals surface area contributed by atoms with Gasteiger partial charge in [-0.15, -0.1) is 0 Å². The van der Waals surface area contributed by atoms with Gasteiger partial charge in [-0.1, -0.05) is 54.6 Å². The van der Waals surface area contributed by atoms with E-state index in [9.17, 15) is 9.59 Å². The lowest BCUT2D eigenvalue weighted by Gasteiger charge is -2.32. The van der Waals surface area contributed by atoms with Gasteiger partial charge in [-0.3, -0.25) is 4.79 Å². The number of amides is 1. The third-order valence-corrected chi connectivity index (χ3v) is 5.79. The van der Waals surface area contributed by atoms with E-state index in [1.165, 1.54) is 0 Å². The topological polar surface area (TPSA) is 81.9 Å². The molecule has 0 radical (unpaired) electrons. The number of hydrogen-bond acceptors (Lipinski definition) is 5. The van der Waals surface area contributed by atoms with Crippen LogP contribution in [0.15, 0.2) is 54.6 Å². The Kier molecular flexibility index (Phi) is 5.92. The van der Waals surface area contributed by atoms with Crippen LogP contribution in [-0.4, -0.2) is 36.0 Å². The molecule has 29 heavy (non-hydrogen) atoms. The molecule has 0 aliphatic carbocycles. The highest BCUT2D eigenvalue weighted by molar-refractivity contribution is 5.90. The summed E-state index contributed by atoms with van der Waals surface area (Å²) < 4.78 is 11.0. The quantitative estimate of drug-likeness (QED) is 0.789. The summed E-state index contributed by atoms with van der Waals surface area (Å²) >= 11 is 0. The van der Waals surface area contributed by atoms with Crippen LogP contribution in [0.3, 0.4) is 0 Å². The highest BCUT2D eigenvalue weighted by Crippen LogP contribution is 2.36. The average Bonchev–Trinajstić information content (AvgIpc) is 3.17. The van der Waals surface area contributed by atoms with Crippen LogP contribution in [0.5, 0.6) is 0 Å². The average molecular weight is 394 g/mol. The number of esters is 1. The third-order valence-electron chi connectivity index (χ3n) is 5.79. The van der Waals surface area contributed by atoms with Crippen molar-refractivity contribution in [1.29, 1.82) is 0 Å². The molecule has 6 nitrogen and oxygen atoms in total. The first-order valence-electron chi connectivity index (χ1n) is 10.1. The van der Waals surface area contributed by atoms with Crippen LogP contribution in [0.4, 0.5) is 0 Å². The van der Waals surface area contributed by atoms with Gasteiger partial charge in [0.15, 0.2) is 6.04 Å². The zero-order valence-electron chi connectivity index (χ0n) is 16.3. The predicted molar refractivity (Wildman–Crippen MR) is 107 cm³/mol. The van der Waals surface area contributed by atoms with Crippen LogP contribution < -0.4 is 5.73 Å². The summed E-state index contributed by atoms with van der Waals surface area (Å²) in [5.74, 6) is -0.554. The van der Waals surface area contributed by atoms with E-state index in [0.29, 0.717) is 19.8 Å². The van der Waals surface area contributed by atoms with Crippen LogP contribution in [0, 0.1) is 5.92 Å². The molecule has 2 aliphatic rings. The Labute approximate surface area is 170 Å².